The third-order valence-electron chi connectivity index (χ3n) is 4.31. The van der Waals surface area contributed by atoms with Crippen molar-refractivity contribution < 1.29 is 4.39 Å². The number of halogens is 2. The van der Waals surface area contributed by atoms with Crippen LogP contribution < -0.4 is 0 Å². The molecule has 1 heterocycles. The first-order chi connectivity index (χ1) is 13.6. The van der Waals surface area contributed by atoms with Crippen LogP contribution in [0.25, 0.3) is 17.1 Å². The van der Waals surface area contributed by atoms with Gasteiger partial charge < -0.3 is 0 Å². The van der Waals surface area contributed by atoms with E-state index in [1.54, 1.807) is 12.1 Å². The highest BCUT2D eigenvalue weighted by Gasteiger charge is 2.17. The van der Waals surface area contributed by atoms with Crippen molar-refractivity contribution in [2.45, 2.75) is 17.8 Å². The number of aromatic nitrogens is 3. The van der Waals surface area contributed by atoms with E-state index in [-0.39, 0.29) is 5.82 Å². The smallest absolute Gasteiger partial charge is 0.196 e. The van der Waals surface area contributed by atoms with Crippen molar-refractivity contribution in [3.63, 3.8) is 0 Å². The van der Waals surface area contributed by atoms with Crippen LogP contribution in [0.3, 0.4) is 0 Å². The van der Waals surface area contributed by atoms with Crippen LogP contribution in [-0.2, 0) is 5.75 Å². The highest BCUT2D eigenvalue weighted by Crippen LogP contribution is 2.31. The summed E-state index contributed by atoms with van der Waals surface area (Å²) in [5, 5.41) is 10.2. The summed E-state index contributed by atoms with van der Waals surface area (Å²) in [5.41, 5.74) is 3.65. The van der Waals surface area contributed by atoms with Crippen LogP contribution in [-0.4, -0.2) is 14.8 Å². The van der Waals surface area contributed by atoms with Crippen molar-refractivity contribution in [1.82, 2.24) is 14.8 Å². The molecule has 3 aromatic carbocycles. The van der Waals surface area contributed by atoms with Gasteiger partial charge in [0.05, 0.1) is 0 Å². The highest BCUT2D eigenvalue weighted by molar-refractivity contribution is 7.98. The van der Waals surface area contributed by atoms with Crippen LogP contribution in [0.5, 0.6) is 0 Å². The van der Waals surface area contributed by atoms with Gasteiger partial charge in [0.25, 0.3) is 0 Å². The van der Waals surface area contributed by atoms with E-state index in [4.69, 9.17) is 11.6 Å². The normalized spacial score (nSPS) is 11.0. The number of hydrogen-bond acceptors (Lipinski definition) is 3. The number of nitrogens with zero attached hydrogens (tertiary/aromatic N) is 3. The summed E-state index contributed by atoms with van der Waals surface area (Å²) < 4.78 is 16.0. The van der Waals surface area contributed by atoms with Crippen LogP contribution in [0.15, 0.2) is 78.0 Å². The minimum atomic E-state index is -0.213. The van der Waals surface area contributed by atoms with Gasteiger partial charge in [0, 0.05) is 22.0 Å². The lowest BCUT2D eigenvalue weighted by molar-refractivity contribution is 0.617. The molecule has 140 valence electrons. The first-order valence-corrected chi connectivity index (χ1v) is 10.1. The summed E-state index contributed by atoms with van der Waals surface area (Å²) in [7, 11) is 0. The molecule has 1 aromatic heterocycles. The largest absolute Gasteiger partial charge is 0.270 e. The van der Waals surface area contributed by atoms with Crippen molar-refractivity contribution in [1.29, 1.82) is 0 Å². The third-order valence-corrected chi connectivity index (χ3v) is 5.54. The zero-order valence-corrected chi connectivity index (χ0v) is 16.7. The molecule has 28 heavy (non-hydrogen) atoms. The van der Waals surface area contributed by atoms with E-state index in [1.807, 2.05) is 60.0 Å². The quantitative estimate of drug-likeness (QED) is 0.361. The number of benzene rings is 3. The van der Waals surface area contributed by atoms with E-state index in [9.17, 15) is 4.39 Å². The maximum Gasteiger partial charge on any atom is 0.196 e. The van der Waals surface area contributed by atoms with Crippen LogP contribution in [0, 0.1) is 12.7 Å². The monoisotopic (exact) mass is 409 g/mol. The first kappa shape index (κ1) is 18.7. The molecule has 0 spiro atoms. The lowest BCUT2D eigenvalue weighted by Gasteiger charge is -2.11. The second-order valence-corrected chi connectivity index (χ2v) is 7.75. The summed E-state index contributed by atoms with van der Waals surface area (Å²) in [6.07, 6.45) is 0. The summed E-state index contributed by atoms with van der Waals surface area (Å²) in [6, 6.07) is 22.4. The van der Waals surface area contributed by atoms with Crippen molar-refractivity contribution >= 4 is 23.4 Å². The Kier molecular flexibility index (Phi) is 5.46. The molecule has 0 saturated heterocycles. The maximum absolute atomic E-state index is 14.0. The van der Waals surface area contributed by atoms with Crippen molar-refractivity contribution in [2.24, 2.45) is 0 Å². The molecule has 0 aliphatic heterocycles. The molecule has 0 amide bonds. The van der Waals surface area contributed by atoms with Crippen LogP contribution in [0.2, 0.25) is 5.02 Å². The predicted molar refractivity (Wildman–Crippen MR) is 113 cm³/mol. The average Bonchev–Trinajstić information content (AvgIpc) is 3.12. The van der Waals surface area contributed by atoms with Gasteiger partial charge in [-0.1, -0.05) is 53.7 Å². The second-order valence-electron chi connectivity index (χ2n) is 6.37. The fourth-order valence-electron chi connectivity index (χ4n) is 2.91. The predicted octanol–water partition coefficient (Wildman–Crippen LogP) is 6.33. The van der Waals surface area contributed by atoms with Crippen molar-refractivity contribution in [3.8, 4) is 17.1 Å². The molecule has 0 fully saturated rings. The van der Waals surface area contributed by atoms with Crippen LogP contribution >= 0.6 is 23.4 Å². The van der Waals surface area contributed by atoms with Gasteiger partial charge in [0.1, 0.15) is 5.82 Å². The van der Waals surface area contributed by atoms with Gasteiger partial charge in [-0.2, -0.15) is 0 Å². The average molecular weight is 410 g/mol. The maximum atomic E-state index is 14.0. The van der Waals surface area contributed by atoms with Gasteiger partial charge in [-0.25, -0.2) is 4.39 Å². The van der Waals surface area contributed by atoms with Crippen molar-refractivity contribution in [3.05, 3.63) is 94.8 Å². The molecule has 0 N–H and O–H groups in total. The Labute approximate surface area is 172 Å². The van der Waals surface area contributed by atoms with Gasteiger partial charge in [0.2, 0.25) is 0 Å². The molecule has 0 saturated carbocycles. The molecule has 4 aromatic rings. The Bertz CT molecular complexity index is 1110. The zero-order valence-electron chi connectivity index (χ0n) is 15.1. The van der Waals surface area contributed by atoms with E-state index in [0.717, 1.165) is 22.6 Å². The van der Waals surface area contributed by atoms with Gasteiger partial charge in [-0.05, 0) is 60.5 Å². The van der Waals surface area contributed by atoms with Gasteiger partial charge in [-0.15, -0.1) is 10.2 Å². The van der Waals surface area contributed by atoms with Crippen molar-refractivity contribution in [2.75, 3.05) is 0 Å². The Morgan fingerprint density at radius 3 is 2.50 bits per heavy atom. The zero-order chi connectivity index (χ0) is 19.5. The SMILES string of the molecule is Cc1cccc(-n2c(SCc3ccccc3F)nnc2-c2ccc(Cl)cc2)c1. The number of hydrogen-bond donors (Lipinski definition) is 0. The topological polar surface area (TPSA) is 30.7 Å². The van der Waals surface area contributed by atoms with Crippen LogP contribution in [0.1, 0.15) is 11.1 Å². The molecular formula is C22H17ClFN3S. The number of thioether (sulfide) groups is 1. The Balaban J connectivity index is 1.76. The first-order valence-electron chi connectivity index (χ1n) is 8.76. The molecule has 3 nitrogen and oxygen atoms in total. The standard InChI is InChI=1S/C22H17ClFN3S/c1-15-5-4-7-19(13-15)27-21(16-9-11-18(23)12-10-16)25-26-22(27)28-14-17-6-2-3-8-20(17)24/h2-13H,14H2,1H3. The van der Waals surface area contributed by atoms with E-state index >= 15 is 0 Å². The Hall–Kier alpha value is -2.63. The summed E-state index contributed by atoms with van der Waals surface area (Å²) in [4.78, 5) is 0. The molecule has 0 aliphatic carbocycles. The summed E-state index contributed by atoms with van der Waals surface area (Å²) in [5.74, 6) is 0.977. The molecule has 6 heteroatoms. The fourth-order valence-corrected chi connectivity index (χ4v) is 3.97. The van der Waals surface area contributed by atoms with Gasteiger partial charge in [0.15, 0.2) is 11.0 Å². The summed E-state index contributed by atoms with van der Waals surface area (Å²) in [6.45, 7) is 2.04. The molecule has 0 bridgehead atoms. The second kappa shape index (κ2) is 8.17. The van der Waals surface area contributed by atoms with E-state index in [0.29, 0.717) is 21.5 Å². The molecule has 0 unspecified atom stereocenters. The molecule has 0 aliphatic rings. The lowest BCUT2D eigenvalue weighted by Crippen LogP contribution is -2.00. The molecule has 4 rings (SSSR count). The van der Waals surface area contributed by atoms with Gasteiger partial charge in [-0.3, -0.25) is 4.57 Å². The van der Waals surface area contributed by atoms with E-state index in [1.165, 1.54) is 17.8 Å². The minimum Gasteiger partial charge on any atom is -0.270 e. The molecule has 0 radical (unpaired) electrons. The van der Waals surface area contributed by atoms with E-state index in [2.05, 4.69) is 16.3 Å². The molecular weight excluding hydrogens is 393 g/mol. The highest BCUT2D eigenvalue weighted by atomic mass is 35.5. The number of aryl methyl sites for hydroxylation is 1. The Morgan fingerprint density at radius 1 is 0.964 bits per heavy atom. The van der Waals surface area contributed by atoms with E-state index < -0.39 is 0 Å². The minimum absolute atomic E-state index is 0.213. The Morgan fingerprint density at radius 2 is 1.75 bits per heavy atom. The van der Waals surface area contributed by atoms with Crippen LogP contribution in [0.4, 0.5) is 4.39 Å². The fraction of sp³-hybridized carbons (Fsp3) is 0.0909. The lowest BCUT2D eigenvalue weighted by atomic mass is 10.2. The summed E-state index contributed by atoms with van der Waals surface area (Å²) >= 11 is 7.49. The third kappa shape index (κ3) is 3.96. The number of rotatable bonds is 5. The molecule has 0 atom stereocenters. The van der Waals surface area contributed by atoms with Gasteiger partial charge >= 0.3 is 0 Å².